The Labute approximate surface area is 193 Å². The minimum absolute atomic E-state index is 0.145. The first kappa shape index (κ1) is 22.4. The molecule has 1 aromatic carbocycles. The lowest BCUT2D eigenvalue weighted by atomic mass is 10.1. The molecular formula is C23H24F3N7O. The Bertz CT molecular complexity index is 1320. The maximum absolute atomic E-state index is 13.2. The van der Waals surface area contributed by atoms with Crippen LogP contribution in [0, 0.1) is 6.92 Å². The number of hydrogen-bond donors (Lipinski definition) is 1. The second kappa shape index (κ2) is 8.73. The SMILES string of the molecule is Cc1cccc(-c2cc(CN)n(-c3cc(N4CCOCC4)c4ncn(CC(F)(F)F)c4n3)n2)c1. The van der Waals surface area contributed by atoms with Crippen LogP contribution in [0.1, 0.15) is 11.3 Å². The molecule has 34 heavy (non-hydrogen) atoms. The largest absolute Gasteiger partial charge is 0.406 e. The maximum Gasteiger partial charge on any atom is 0.406 e. The Kier molecular flexibility index (Phi) is 5.74. The Morgan fingerprint density at radius 1 is 1.12 bits per heavy atom. The number of ether oxygens (including phenoxy) is 1. The van der Waals surface area contributed by atoms with Gasteiger partial charge >= 0.3 is 6.18 Å². The Hall–Kier alpha value is -3.44. The van der Waals surface area contributed by atoms with Crippen LogP contribution in [0.15, 0.2) is 42.7 Å². The van der Waals surface area contributed by atoms with E-state index in [2.05, 4.69) is 14.9 Å². The zero-order valence-electron chi connectivity index (χ0n) is 18.6. The fraction of sp³-hybridized carbons (Fsp3) is 0.348. The van der Waals surface area contributed by atoms with Crippen LogP contribution in [0.2, 0.25) is 0 Å². The van der Waals surface area contributed by atoms with Crippen molar-refractivity contribution in [3.8, 4) is 17.1 Å². The summed E-state index contributed by atoms with van der Waals surface area (Å²) in [6.07, 6.45) is -3.22. The molecule has 0 amide bonds. The number of fused-ring (bicyclic) bond motifs is 1. The third-order valence-electron chi connectivity index (χ3n) is 5.76. The summed E-state index contributed by atoms with van der Waals surface area (Å²) in [5.74, 6) is 0.386. The first-order valence-corrected chi connectivity index (χ1v) is 10.9. The first-order chi connectivity index (χ1) is 16.3. The number of morpholine rings is 1. The number of imidazole rings is 1. The summed E-state index contributed by atoms with van der Waals surface area (Å²) in [4.78, 5) is 10.9. The Morgan fingerprint density at radius 3 is 2.62 bits per heavy atom. The molecule has 0 atom stereocenters. The monoisotopic (exact) mass is 471 g/mol. The molecule has 2 N–H and O–H groups in total. The number of rotatable bonds is 5. The van der Waals surface area contributed by atoms with E-state index >= 15 is 0 Å². The van der Waals surface area contributed by atoms with Crippen molar-refractivity contribution in [2.75, 3.05) is 31.2 Å². The van der Waals surface area contributed by atoms with Crippen molar-refractivity contribution in [1.82, 2.24) is 24.3 Å². The number of pyridine rings is 1. The highest BCUT2D eigenvalue weighted by Crippen LogP contribution is 2.31. The molecule has 0 bridgehead atoms. The lowest BCUT2D eigenvalue weighted by Crippen LogP contribution is -2.36. The van der Waals surface area contributed by atoms with Gasteiger partial charge < -0.3 is 19.9 Å². The van der Waals surface area contributed by atoms with E-state index in [9.17, 15) is 13.2 Å². The van der Waals surface area contributed by atoms with Crippen LogP contribution < -0.4 is 10.6 Å². The molecule has 11 heteroatoms. The van der Waals surface area contributed by atoms with Crippen molar-refractivity contribution in [1.29, 1.82) is 0 Å². The zero-order chi connectivity index (χ0) is 23.9. The number of nitrogens with two attached hydrogens (primary N) is 1. The molecule has 178 valence electrons. The van der Waals surface area contributed by atoms with Gasteiger partial charge in [0.2, 0.25) is 0 Å². The number of anilines is 1. The second-order valence-electron chi connectivity index (χ2n) is 8.27. The highest BCUT2D eigenvalue weighted by molar-refractivity contribution is 5.87. The number of aromatic nitrogens is 5. The van der Waals surface area contributed by atoms with E-state index in [-0.39, 0.29) is 12.2 Å². The number of alkyl halides is 3. The highest BCUT2D eigenvalue weighted by Gasteiger charge is 2.30. The summed E-state index contributed by atoms with van der Waals surface area (Å²) < 4.78 is 47.8. The van der Waals surface area contributed by atoms with E-state index in [0.717, 1.165) is 15.7 Å². The smallest absolute Gasteiger partial charge is 0.378 e. The third kappa shape index (κ3) is 4.36. The molecule has 1 fully saturated rings. The van der Waals surface area contributed by atoms with Gasteiger partial charge in [-0.3, -0.25) is 0 Å². The van der Waals surface area contributed by atoms with Crippen molar-refractivity contribution in [3.63, 3.8) is 0 Å². The number of halogens is 3. The quantitative estimate of drug-likeness (QED) is 0.480. The van der Waals surface area contributed by atoms with E-state index in [1.807, 2.05) is 43.3 Å². The highest BCUT2D eigenvalue weighted by atomic mass is 19.4. The molecule has 1 saturated heterocycles. The first-order valence-electron chi connectivity index (χ1n) is 10.9. The van der Waals surface area contributed by atoms with Gasteiger partial charge in [0, 0.05) is 31.3 Å². The van der Waals surface area contributed by atoms with Gasteiger partial charge in [0.1, 0.15) is 12.1 Å². The summed E-state index contributed by atoms with van der Waals surface area (Å²) >= 11 is 0. The minimum atomic E-state index is -4.41. The molecule has 4 aromatic rings. The van der Waals surface area contributed by atoms with E-state index < -0.39 is 12.7 Å². The molecule has 0 radical (unpaired) electrons. The van der Waals surface area contributed by atoms with Crippen LogP contribution in [-0.4, -0.2) is 56.8 Å². The van der Waals surface area contributed by atoms with E-state index in [1.165, 1.54) is 6.33 Å². The minimum Gasteiger partial charge on any atom is -0.378 e. The number of aryl methyl sites for hydroxylation is 1. The van der Waals surface area contributed by atoms with Crippen molar-refractivity contribution < 1.29 is 17.9 Å². The standard InChI is InChI=1S/C23H24F3N7O/c1-15-3-2-4-16(9-15)18-10-17(12-27)33(30-18)20-11-19(31-5-7-34-8-6-31)21-22(29-20)32(14-28-21)13-23(24,25)26/h2-4,9-11,14H,5-8,12-13,27H2,1H3. The molecule has 4 heterocycles. The fourth-order valence-corrected chi connectivity index (χ4v) is 4.18. The summed E-state index contributed by atoms with van der Waals surface area (Å²) in [6.45, 7) is 3.25. The van der Waals surface area contributed by atoms with Gasteiger partial charge in [-0.25, -0.2) is 14.6 Å². The number of nitrogens with zero attached hydrogens (tertiary/aromatic N) is 6. The van der Waals surface area contributed by atoms with Gasteiger partial charge in [-0.1, -0.05) is 23.8 Å². The van der Waals surface area contributed by atoms with Crippen molar-refractivity contribution in [2.24, 2.45) is 5.73 Å². The van der Waals surface area contributed by atoms with Crippen LogP contribution in [0.25, 0.3) is 28.2 Å². The number of benzene rings is 1. The van der Waals surface area contributed by atoms with Crippen LogP contribution in [0.3, 0.4) is 0 Å². The lowest BCUT2D eigenvalue weighted by molar-refractivity contribution is -0.140. The summed E-state index contributed by atoms with van der Waals surface area (Å²) in [6, 6.07) is 11.6. The van der Waals surface area contributed by atoms with Crippen LogP contribution >= 0.6 is 0 Å². The summed E-state index contributed by atoms with van der Waals surface area (Å²) in [5.41, 5.74) is 10.7. The van der Waals surface area contributed by atoms with Gasteiger partial charge in [0.25, 0.3) is 0 Å². The van der Waals surface area contributed by atoms with Crippen molar-refractivity contribution in [2.45, 2.75) is 26.2 Å². The van der Waals surface area contributed by atoms with Crippen LogP contribution in [-0.2, 0) is 17.8 Å². The zero-order valence-corrected chi connectivity index (χ0v) is 18.6. The van der Waals surface area contributed by atoms with Crippen LogP contribution in [0.4, 0.5) is 18.9 Å². The normalized spacial score (nSPS) is 14.8. The average Bonchev–Trinajstić information content (AvgIpc) is 3.42. The molecule has 0 aliphatic carbocycles. The third-order valence-corrected chi connectivity index (χ3v) is 5.76. The van der Waals surface area contributed by atoms with Crippen molar-refractivity contribution >= 4 is 16.9 Å². The maximum atomic E-state index is 13.2. The van der Waals surface area contributed by atoms with E-state index in [4.69, 9.17) is 15.6 Å². The predicted octanol–water partition coefficient (Wildman–Crippen LogP) is 3.45. The molecule has 1 aliphatic rings. The molecule has 5 rings (SSSR count). The lowest BCUT2D eigenvalue weighted by Gasteiger charge is -2.29. The van der Waals surface area contributed by atoms with E-state index in [1.54, 1.807) is 4.68 Å². The van der Waals surface area contributed by atoms with Gasteiger partial charge in [0.15, 0.2) is 11.5 Å². The topological polar surface area (TPSA) is 87.0 Å². The number of hydrogen-bond acceptors (Lipinski definition) is 6. The predicted molar refractivity (Wildman–Crippen MR) is 122 cm³/mol. The Balaban J connectivity index is 1.68. The van der Waals surface area contributed by atoms with E-state index in [0.29, 0.717) is 54.7 Å². The van der Waals surface area contributed by atoms with Gasteiger partial charge in [-0.05, 0) is 19.1 Å². The molecule has 0 spiro atoms. The molecule has 3 aromatic heterocycles. The van der Waals surface area contributed by atoms with Crippen molar-refractivity contribution in [3.05, 3.63) is 54.0 Å². The van der Waals surface area contributed by atoms with Gasteiger partial charge in [-0.2, -0.15) is 18.3 Å². The second-order valence-corrected chi connectivity index (χ2v) is 8.27. The van der Waals surface area contributed by atoms with Gasteiger partial charge in [-0.15, -0.1) is 0 Å². The fourth-order valence-electron chi connectivity index (χ4n) is 4.18. The molecule has 0 unspecified atom stereocenters. The summed E-state index contributed by atoms with van der Waals surface area (Å²) in [5, 5.41) is 4.72. The van der Waals surface area contributed by atoms with Gasteiger partial charge in [0.05, 0.1) is 36.6 Å². The Morgan fingerprint density at radius 2 is 1.91 bits per heavy atom. The molecule has 1 aliphatic heterocycles. The molecule has 8 nitrogen and oxygen atoms in total. The molecular weight excluding hydrogens is 447 g/mol. The molecule has 0 saturated carbocycles. The summed E-state index contributed by atoms with van der Waals surface area (Å²) in [7, 11) is 0. The van der Waals surface area contributed by atoms with Crippen LogP contribution in [0.5, 0.6) is 0 Å². The average molecular weight is 471 g/mol.